The second-order valence-corrected chi connectivity index (χ2v) is 5.47. The highest BCUT2D eigenvalue weighted by molar-refractivity contribution is 7.80. The molecule has 0 saturated carbocycles. The van der Waals surface area contributed by atoms with E-state index in [2.05, 4.69) is 43.2 Å². The summed E-state index contributed by atoms with van der Waals surface area (Å²) in [5.74, 6) is 0.724. The predicted molar refractivity (Wildman–Crippen MR) is 88.2 cm³/mol. The molecule has 2 aromatic rings. The van der Waals surface area contributed by atoms with E-state index in [1.807, 2.05) is 18.2 Å². The van der Waals surface area contributed by atoms with Crippen LogP contribution in [0.2, 0.25) is 10.0 Å². The molecule has 0 fully saturated rings. The lowest BCUT2D eigenvalue weighted by Gasteiger charge is -2.12. The van der Waals surface area contributed by atoms with E-state index in [1.54, 1.807) is 6.07 Å². The first-order valence-corrected chi connectivity index (χ1v) is 7.36. The van der Waals surface area contributed by atoms with Crippen LogP contribution < -0.4 is 0 Å². The Morgan fingerprint density at radius 3 is 2.68 bits per heavy atom. The molecule has 0 unspecified atom stereocenters. The van der Waals surface area contributed by atoms with Crippen LogP contribution in [0.5, 0.6) is 0 Å². The number of benzene rings is 1. The Bertz CT molecular complexity index is 629. The average molecular weight is 312 g/mol. The van der Waals surface area contributed by atoms with Gasteiger partial charge in [0.15, 0.2) is 0 Å². The van der Waals surface area contributed by atoms with E-state index in [4.69, 9.17) is 23.2 Å². The summed E-state index contributed by atoms with van der Waals surface area (Å²) in [6, 6.07) is 7.81. The lowest BCUT2D eigenvalue weighted by atomic mass is 10.2. The van der Waals surface area contributed by atoms with Crippen molar-refractivity contribution in [3.63, 3.8) is 0 Å². The monoisotopic (exact) mass is 311 g/mol. The van der Waals surface area contributed by atoms with Gasteiger partial charge in [-0.25, -0.2) is 0 Å². The highest BCUT2D eigenvalue weighted by Gasteiger charge is 2.12. The molecule has 0 bridgehead atoms. The minimum atomic E-state index is 0.569. The second kappa shape index (κ2) is 6.08. The van der Waals surface area contributed by atoms with Crippen molar-refractivity contribution >= 4 is 41.9 Å². The maximum atomic E-state index is 6.30. The van der Waals surface area contributed by atoms with Gasteiger partial charge >= 0.3 is 0 Å². The predicted octanol–water partition coefficient (Wildman–Crippen LogP) is 5.34. The molecule has 0 aliphatic heterocycles. The first kappa shape index (κ1) is 14.6. The molecule has 0 N–H and O–H groups in total. The third-order valence-corrected chi connectivity index (χ3v) is 4.06. The van der Waals surface area contributed by atoms with Gasteiger partial charge in [-0.15, -0.1) is 0 Å². The van der Waals surface area contributed by atoms with Crippen LogP contribution >= 0.6 is 35.8 Å². The van der Waals surface area contributed by atoms with Crippen LogP contribution in [0.4, 0.5) is 0 Å². The first-order chi connectivity index (χ1) is 9.06. The zero-order chi connectivity index (χ0) is 14.0. The van der Waals surface area contributed by atoms with Crippen LogP contribution in [0.1, 0.15) is 17.0 Å². The fourth-order valence-corrected chi connectivity index (χ4v) is 2.66. The summed E-state index contributed by atoms with van der Waals surface area (Å²) in [7, 11) is 0. The van der Waals surface area contributed by atoms with E-state index in [-0.39, 0.29) is 0 Å². The van der Waals surface area contributed by atoms with Gasteiger partial charge in [-0.3, -0.25) is 0 Å². The molecule has 1 aromatic carbocycles. The summed E-state index contributed by atoms with van der Waals surface area (Å²) >= 11 is 16.6. The Labute approximate surface area is 129 Å². The fraction of sp³-hybridized carbons (Fsp3) is 0.200. The number of rotatable bonds is 3. The Morgan fingerprint density at radius 2 is 2.00 bits per heavy atom. The molecule has 0 saturated heterocycles. The molecular formula is C15H15Cl2NS. The third-order valence-electron chi connectivity index (χ3n) is 3.05. The first-order valence-electron chi connectivity index (χ1n) is 5.97. The fourth-order valence-electron chi connectivity index (χ4n) is 2.17. The number of nitrogens with zero attached hydrogens (tertiary/aromatic N) is 1. The summed E-state index contributed by atoms with van der Waals surface area (Å²) in [5.41, 5.74) is 4.34. The molecule has 0 amide bonds. The van der Waals surface area contributed by atoms with Crippen LogP contribution in [0.25, 0.3) is 11.8 Å². The molecule has 0 aliphatic carbocycles. The number of hydrogen-bond acceptors (Lipinski definition) is 1. The van der Waals surface area contributed by atoms with Crippen molar-refractivity contribution in [3.05, 3.63) is 57.3 Å². The van der Waals surface area contributed by atoms with Gasteiger partial charge in [0.05, 0.1) is 15.7 Å². The van der Waals surface area contributed by atoms with Crippen molar-refractivity contribution in [3.8, 4) is 5.69 Å². The number of aryl methyl sites for hydroxylation is 1. The summed E-state index contributed by atoms with van der Waals surface area (Å²) in [6.07, 6.45) is 4.10. The van der Waals surface area contributed by atoms with E-state index >= 15 is 0 Å². The molecule has 0 aliphatic rings. The molecular weight excluding hydrogens is 297 g/mol. The van der Waals surface area contributed by atoms with Crippen LogP contribution in [-0.2, 0) is 0 Å². The molecule has 0 spiro atoms. The average Bonchev–Trinajstić information content (AvgIpc) is 2.66. The van der Waals surface area contributed by atoms with Gasteiger partial charge in [0.25, 0.3) is 0 Å². The minimum absolute atomic E-state index is 0.569. The van der Waals surface area contributed by atoms with Crippen molar-refractivity contribution in [1.29, 1.82) is 0 Å². The lowest BCUT2D eigenvalue weighted by Crippen LogP contribution is -2.00. The summed E-state index contributed by atoms with van der Waals surface area (Å²) in [6.45, 7) is 4.13. The quantitative estimate of drug-likeness (QED) is 0.730. The van der Waals surface area contributed by atoms with Crippen molar-refractivity contribution in [2.45, 2.75) is 13.8 Å². The summed E-state index contributed by atoms with van der Waals surface area (Å²) in [4.78, 5) is 0. The highest BCUT2D eigenvalue weighted by atomic mass is 35.5. The van der Waals surface area contributed by atoms with Crippen molar-refractivity contribution in [2.75, 3.05) is 5.75 Å². The van der Waals surface area contributed by atoms with Crippen LogP contribution in [0.15, 0.2) is 30.3 Å². The van der Waals surface area contributed by atoms with Crippen molar-refractivity contribution < 1.29 is 0 Å². The van der Waals surface area contributed by atoms with E-state index in [0.717, 1.165) is 22.8 Å². The molecule has 0 radical (unpaired) electrons. The number of aromatic nitrogens is 1. The van der Waals surface area contributed by atoms with Gasteiger partial charge in [-0.05, 0) is 37.6 Å². The maximum absolute atomic E-state index is 6.30. The van der Waals surface area contributed by atoms with Gasteiger partial charge in [-0.1, -0.05) is 41.4 Å². The lowest BCUT2D eigenvalue weighted by molar-refractivity contribution is 0.965. The molecule has 1 heterocycles. The van der Waals surface area contributed by atoms with Crippen molar-refractivity contribution in [2.24, 2.45) is 0 Å². The molecule has 1 aromatic heterocycles. The Morgan fingerprint density at radius 1 is 1.26 bits per heavy atom. The second-order valence-electron chi connectivity index (χ2n) is 4.32. The molecule has 0 atom stereocenters. The van der Waals surface area contributed by atoms with Crippen LogP contribution in [0, 0.1) is 13.8 Å². The van der Waals surface area contributed by atoms with Gasteiger partial charge in [0.2, 0.25) is 0 Å². The summed E-state index contributed by atoms with van der Waals surface area (Å²) in [5, 5.41) is 1.15. The van der Waals surface area contributed by atoms with E-state index in [0.29, 0.717) is 10.0 Å². The Kier molecular flexibility index (Phi) is 4.67. The normalized spacial score (nSPS) is 11.4. The third kappa shape index (κ3) is 2.86. The maximum Gasteiger partial charge on any atom is 0.0832 e. The molecule has 4 heteroatoms. The van der Waals surface area contributed by atoms with E-state index < -0.39 is 0 Å². The summed E-state index contributed by atoms with van der Waals surface area (Å²) < 4.78 is 2.12. The molecule has 19 heavy (non-hydrogen) atoms. The largest absolute Gasteiger partial charge is 0.316 e. The number of thiol groups is 1. The molecule has 1 nitrogen and oxygen atoms in total. The zero-order valence-corrected chi connectivity index (χ0v) is 13.2. The van der Waals surface area contributed by atoms with Crippen LogP contribution in [-0.4, -0.2) is 10.3 Å². The van der Waals surface area contributed by atoms with Gasteiger partial charge < -0.3 is 4.57 Å². The SMILES string of the molecule is Cc1cc(C=CCS)c(C)n1-c1cccc(Cl)c1Cl. The standard InChI is InChI=1S/C15H15Cl2NS/c1-10-9-12(5-4-8-19)11(2)18(10)14-7-3-6-13(16)15(14)17/h3-7,9,19H,8H2,1-2H3. The Balaban J connectivity index is 2.60. The van der Waals surface area contributed by atoms with Gasteiger partial charge in [0, 0.05) is 17.1 Å². The minimum Gasteiger partial charge on any atom is -0.316 e. The van der Waals surface area contributed by atoms with Gasteiger partial charge in [-0.2, -0.15) is 12.6 Å². The zero-order valence-electron chi connectivity index (χ0n) is 10.8. The van der Waals surface area contributed by atoms with E-state index in [1.165, 1.54) is 5.56 Å². The molecule has 100 valence electrons. The van der Waals surface area contributed by atoms with E-state index in [9.17, 15) is 0 Å². The number of hydrogen-bond donors (Lipinski definition) is 1. The number of halogens is 2. The van der Waals surface area contributed by atoms with Crippen LogP contribution in [0.3, 0.4) is 0 Å². The topological polar surface area (TPSA) is 4.93 Å². The molecule has 2 rings (SSSR count). The highest BCUT2D eigenvalue weighted by Crippen LogP contribution is 2.31. The van der Waals surface area contributed by atoms with Gasteiger partial charge in [0.1, 0.15) is 0 Å². The Hall–Kier alpha value is -0.830. The smallest absolute Gasteiger partial charge is 0.0832 e. The van der Waals surface area contributed by atoms with Crippen molar-refractivity contribution in [1.82, 2.24) is 4.57 Å².